The number of benzene rings is 1. The van der Waals surface area contributed by atoms with Crippen LogP contribution in [0.4, 0.5) is 5.82 Å². The first-order valence-corrected chi connectivity index (χ1v) is 8.91. The van der Waals surface area contributed by atoms with E-state index in [0.717, 1.165) is 37.6 Å². The molecule has 0 atom stereocenters. The van der Waals surface area contributed by atoms with Gasteiger partial charge < -0.3 is 15.1 Å². The number of carbonyl (C=O) groups excluding carboxylic acids is 1. The summed E-state index contributed by atoms with van der Waals surface area (Å²) in [6.45, 7) is 4.29. The van der Waals surface area contributed by atoms with Crippen LogP contribution in [0.15, 0.2) is 36.5 Å². The van der Waals surface area contributed by atoms with Crippen molar-refractivity contribution in [1.82, 2.24) is 15.2 Å². The molecule has 1 N–H and O–H groups in total. The van der Waals surface area contributed by atoms with Crippen LogP contribution in [0.1, 0.15) is 15.9 Å². The monoisotopic (exact) mass is 378 g/mol. The van der Waals surface area contributed by atoms with Crippen molar-refractivity contribution in [3.63, 3.8) is 0 Å². The van der Waals surface area contributed by atoms with Crippen LogP contribution < -0.4 is 10.2 Å². The Kier molecular flexibility index (Phi) is 5.78. The number of anilines is 1. The lowest BCUT2D eigenvalue weighted by Crippen LogP contribution is -2.45. The molecule has 1 saturated heterocycles. The van der Waals surface area contributed by atoms with Gasteiger partial charge in [0.15, 0.2) is 0 Å². The van der Waals surface area contributed by atoms with Crippen molar-refractivity contribution >= 4 is 34.9 Å². The Morgan fingerprint density at radius 3 is 2.64 bits per heavy atom. The summed E-state index contributed by atoms with van der Waals surface area (Å²) in [4.78, 5) is 21.4. The zero-order valence-electron chi connectivity index (χ0n) is 14.0. The Labute approximate surface area is 157 Å². The number of halogens is 2. The molecule has 7 heteroatoms. The smallest absolute Gasteiger partial charge is 0.251 e. The molecule has 0 spiro atoms. The second-order valence-corrected chi connectivity index (χ2v) is 6.90. The van der Waals surface area contributed by atoms with Gasteiger partial charge in [-0.25, -0.2) is 4.98 Å². The number of carbonyl (C=O) groups is 1. The lowest BCUT2D eigenvalue weighted by molar-refractivity contribution is 0.0951. The van der Waals surface area contributed by atoms with Gasteiger partial charge in [-0.1, -0.05) is 29.3 Å². The van der Waals surface area contributed by atoms with E-state index < -0.39 is 0 Å². The summed E-state index contributed by atoms with van der Waals surface area (Å²) >= 11 is 11.9. The van der Waals surface area contributed by atoms with E-state index in [-0.39, 0.29) is 5.91 Å². The maximum atomic E-state index is 12.4. The van der Waals surface area contributed by atoms with Crippen molar-refractivity contribution in [2.24, 2.45) is 0 Å². The number of piperazine rings is 1. The highest BCUT2D eigenvalue weighted by molar-refractivity contribution is 6.42. The fourth-order valence-electron chi connectivity index (χ4n) is 2.79. The van der Waals surface area contributed by atoms with E-state index in [9.17, 15) is 4.79 Å². The number of hydrogen-bond donors (Lipinski definition) is 1. The minimum absolute atomic E-state index is 0.188. The lowest BCUT2D eigenvalue weighted by atomic mass is 10.2. The van der Waals surface area contributed by atoms with Gasteiger partial charge in [0.25, 0.3) is 5.91 Å². The molecule has 132 valence electrons. The standard InChI is InChI=1S/C18H20Cl2N4O/c1-23-7-9-24(10-8-23)17-14(3-2-6-21-17)12-22-18(25)13-4-5-15(19)16(20)11-13/h2-6,11H,7-10,12H2,1H3,(H,22,25). The number of nitrogens with one attached hydrogen (secondary N) is 1. The van der Waals surface area contributed by atoms with Crippen LogP contribution >= 0.6 is 23.2 Å². The molecule has 1 aliphatic rings. The number of nitrogens with zero attached hydrogens (tertiary/aromatic N) is 3. The van der Waals surface area contributed by atoms with Crippen LogP contribution in [-0.2, 0) is 6.54 Å². The number of amides is 1. The Bertz CT molecular complexity index is 760. The van der Waals surface area contributed by atoms with E-state index in [4.69, 9.17) is 23.2 Å². The highest BCUT2D eigenvalue weighted by atomic mass is 35.5. The van der Waals surface area contributed by atoms with Gasteiger partial charge in [-0.15, -0.1) is 0 Å². The molecule has 0 unspecified atom stereocenters. The maximum Gasteiger partial charge on any atom is 0.251 e. The van der Waals surface area contributed by atoms with E-state index in [1.165, 1.54) is 0 Å². The summed E-state index contributed by atoms with van der Waals surface area (Å²) in [7, 11) is 2.12. The molecule has 1 aromatic heterocycles. The summed E-state index contributed by atoms with van der Waals surface area (Å²) in [6, 6.07) is 8.74. The summed E-state index contributed by atoms with van der Waals surface area (Å²) in [5.41, 5.74) is 1.49. The Morgan fingerprint density at radius 1 is 1.16 bits per heavy atom. The quantitative estimate of drug-likeness (QED) is 0.887. The first-order valence-electron chi connectivity index (χ1n) is 8.15. The molecule has 0 aliphatic carbocycles. The van der Waals surface area contributed by atoms with Gasteiger partial charge in [-0.3, -0.25) is 4.79 Å². The molecule has 2 heterocycles. The zero-order valence-corrected chi connectivity index (χ0v) is 15.5. The zero-order chi connectivity index (χ0) is 17.8. The molecule has 0 saturated carbocycles. The molecular weight excluding hydrogens is 359 g/mol. The number of likely N-dealkylation sites (N-methyl/N-ethyl adjacent to an activating group) is 1. The molecule has 3 rings (SSSR count). The van der Waals surface area contributed by atoms with Crippen molar-refractivity contribution in [1.29, 1.82) is 0 Å². The summed E-state index contributed by atoms with van der Waals surface area (Å²) in [5, 5.41) is 3.73. The number of aromatic nitrogens is 1. The molecule has 25 heavy (non-hydrogen) atoms. The number of rotatable bonds is 4. The third kappa shape index (κ3) is 4.42. The topological polar surface area (TPSA) is 48.5 Å². The van der Waals surface area contributed by atoms with Gasteiger partial charge in [-0.2, -0.15) is 0 Å². The largest absolute Gasteiger partial charge is 0.354 e. The van der Waals surface area contributed by atoms with Crippen LogP contribution in [0.3, 0.4) is 0 Å². The average molecular weight is 379 g/mol. The van der Waals surface area contributed by atoms with Gasteiger partial charge in [0.2, 0.25) is 0 Å². The van der Waals surface area contributed by atoms with E-state index in [0.29, 0.717) is 22.2 Å². The van der Waals surface area contributed by atoms with E-state index >= 15 is 0 Å². The number of hydrogen-bond acceptors (Lipinski definition) is 4. The average Bonchev–Trinajstić information content (AvgIpc) is 2.63. The molecule has 0 bridgehead atoms. The van der Waals surface area contributed by atoms with E-state index in [1.54, 1.807) is 24.4 Å². The lowest BCUT2D eigenvalue weighted by Gasteiger charge is -2.34. The highest BCUT2D eigenvalue weighted by Gasteiger charge is 2.18. The molecule has 1 amide bonds. The molecule has 5 nitrogen and oxygen atoms in total. The normalized spacial score (nSPS) is 15.2. The first kappa shape index (κ1) is 18.0. The second kappa shape index (κ2) is 8.04. The van der Waals surface area contributed by atoms with Gasteiger partial charge in [0.05, 0.1) is 10.0 Å². The Hall–Kier alpha value is -1.82. The minimum Gasteiger partial charge on any atom is -0.354 e. The number of pyridine rings is 1. The van der Waals surface area contributed by atoms with Crippen LogP contribution in [0.25, 0.3) is 0 Å². The minimum atomic E-state index is -0.188. The van der Waals surface area contributed by atoms with Crippen molar-refractivity contribution in [3.05, 3.63) is 57.7 Å². The van der Waals surface area contributed by atoms with Crippen molar-refractivity contribution in [3.8, 4) is 0 Å². The van der Waals surface area contributed by atoms with Gasteiger partial charge in [0.1, 0.15) is 5.82 Å². The molecular formula is C18H20Cl2N4O. The molecule has 0 radical (unpaired) electrons. The third-order valence-corrected chi connectivity index (χ3v) is 5.03. The van der Waals surface area contributed by atoms with Crippen molar-refractivity contribution in [2.45, 2.75) is 6.54 Å². The van der Waals surface area contributed by atoms with Crippen molar-refractivity contribution < 1.29 is 4.79 Å². The van der Waals surface area contributed by atoms with Crippen LogP contribution in [0.2, 0.25) is 10.0 Å². The van der Waals surface area contributed by atoms with Gasteiger partial charge in [0, 0.05) is 50.0 Å². The molecule has 1 aromatic carbocycles. The molecule has 1 aliphatic heterocycles. The van der Waals surface area contributed by atoms with Crippen molar-refractivity contribution in [2.75, 3.05) is 38.1 Å². The van der Waals surface area contributed by atoms with Gasteiger partial charge in [-0.05, 0) is 31.3 Å². The predicted octanol–water partition coefficient (Wildman–Crippen LogP) is 3.07. The summed E-state index contributed by atoms with van der Waals surface area (Å²) in [6.07, 6.45) is 1.79. The SMILES string of the molecule is CN1CCN(c2ncccc2CNC(=O)c2ccc(Cl)c(Cl)c2)CC1. The Morgan fingerprint density at radius 2 is 1.92 bits per heavy atom. The first-order chi connectivity index (χ1) is 12.0. The molecule has 1 fully saturated rings. The fraction of sp³-hybridized carbons (Fsp3) is 0.333. The van der Waals surface area contributed by atoms with E-state index in [2.05, 4.69) is 27.1 Å². The van der Waals surface area contributed by atoms with Crippen LogP contribution in [0.5, 0.6) is 0 Å². The van der Waals surface area contributed by atoms with Crippen LogP contribution in [0, 0.1) is 0 Å². The third-order valence-electron chi connectivity index (χ3n) is 4.29. The second-order valence-electron chi connectivity index (χ2n) is 6.09. The van der Waals surface area contributed by atoms with Crippen LogP contribution in [-0.4, -0.2) is 49.0 Å². The highest BCUT2D eigenvalue weighted by Crippen LogP contribution is 2.23. The van der Waals surface area contributed by atoms with Gasteiger partial charge >= 0.3 is 0 Å². The summed E-state index contributed by atoms with van der Waals surface area (Å²) < 4.78 is 0. The molecule has 2 aromatic rings. The maximum absolute atomic E-state index is 12.4. The Balaban J connectivity index is 1.69. The summed E-state index contributed by atoms with van der Waals surface area (Å²) in [5.74, 6) is 0.747. The fourth-order valence-corrected chi connectivity index (χ4v) is 3.08. The van der Waals surface area contributed by atoms with E-state index in [1.807, 2.05) is 12.1 Å². The predicted molar refractivity (Wildman–Crippen MR) is 102 cm³/mol.